The third kappa shape index (κ3) is 4.10. The highest BCUT2D eigenvalue weighted by molar-refractivity contribution is 5.84. The molecule has 1 aromatic carbocycles. The highest BCUT2D eigenvalue weighted by Gasteiger charge is 2.12. The Bertz CT molecular complexity index is 388. The van der Waals surface area contributed by atoms with E-state index in [0.717, 1.165) is 24.2 Å². The maximum atomic E-state index is 11.7. The summed E-state index contributed by atoms with van der Waals surface area (Å²) < 4.78 is 0. The predicted molar refractivity (Wildman–Crippen MR) is 72.3 cm³/mol. The first-order valence-corrected chi connectivity index (χ1v) is 6.16. The van der Waals surface area contributed by atoms with Gasteiger partial charge in [0.05, 0.1) is 0 Å². The number of hydrogen-bond acceptors (Lipinski definition) is 2. The van der Waals surface area contributed by atoms with Crippen LogP contribution < -0.4 is 10.6 Å². The molecule has 0 spiro atoms. The van der Waals surface area contributed by atoms with Crippen LogP contribution in [0.1, 0.15) is 31.4 Å². The Kier molecular flexibility index (Phi) is 5.01. The van der Waals surface area contributed by atoms with Crippen molar-refractivity contribution >= 4 is 11.6 Å². The second-order valence-corrected chi connectivity index (χ2v) is 4.48. The molecule has 1 atom stereocenters. The van der Waals surface area contributed by atoms with Gasteiger partial charge < -0.3 is 10.6 Å². The highest BCUT2D eigenvalue weighted by atomic mass is 16.2. The molecule has 0 heterocycles. The first-order chi connectivity index (χ1) is 8.04. The van der Waals surface area contributed by atoms with Gasteiger partial charge in [0, 0.05) is 12.2 Å². The molecule has 3 heteroatoms. The third-order valence-corrected chi connectivity index (χ3v) is 2.71. The predicted octanol–water partition coefficient (Wildman–Crippen LogP) is 2.63. The van der Waals surface area contributed by atoms with Crippen LogP contribution in [-0.4, -0.2) is 18.5 Å². The molecule has 1 amide bonds. The van der Waals surface area contributed by atoms with Crippen LogP contribution in [0, 0.1) is 13.8 Å². The lowest BCUT2D eigenvalue weighted by atomic mass is 10.1. The van der Waals surface area contributed by atoms with Gasteiger partial charge in [0.15, 0.2) is 0 Å². The Morgan fingerprint density at radius 3 is 2.71 bits per heavy atom. The molecular formula is C14H22N2O. The zero-order chi connectivity index (χ0) is 12.8. The van der Waals surface area contributed by atoms with Crippen molar-refractivity contribution in [2.45, 2.75) is 40.2 Å². The zero-order valence-corrected chi connectivity index (χ0v) is 11.1. The first-order valence-electron chi connectivity index (χ1n) is 6.16. The third-order valence-electron chi connectivity index (χ3n) is 2.71. The van der Waals surface area contributed by atoms with Crippen LogP contribution in [0.25, 0.3) is 0 Å². The normalized spacial score (nSPS) is 12.0. The fourth-order valence-corrected chi connectivity index (χ4v) is 1.59. The number of aryl methyl sites for hydroxylation is 2. The fourth-order valence-electron chi connectivity index (χ4n) is 1.59. The summed E-state index contributed by atoms with van der Waals surface area (Å²) in [7, 11) is 0. The quantitative estimate of drug-likeness (QED) is 0.822. The SMILES string of the molecule is CCCNC(=O)[C@H](C)Nc1cc(C)ccc1C. The molecule has 0 bridgehead atoms. The molecule has 94 valence electrons. The van der Waals surface area contributed by atoms with E-state index in [1.165, 1.54) is 5.56 Å². The minimum absolute atomic E-state index is 0.0488. The molecule has 0 radical (unpaired) electrons. The Morgan fingerprint density at radius 1 is 1.35 bits per heavy atom. The van der Waals surface area contributed by atoms with E-state index in [9.17, 15) is 4.79 Å². The van der Waals surface area contributed by atoms with Crippen molar-refractivity contribution in [1.82, 2.24) is 5.32 Å². The molecule has 0 aliphatic carbocycles. The average Bonchev–Trinajstić information content (AvgIpc) is 2.30. The van der Waals surface area contributed by atoms with Crippen molar-refractivity contribution in [3.05, 3.63) is 29.3 Å². The average molecular weight is 234 g/mol. The summed E-state index contributed by atoms with van der Waals surface area (Å²) in [6.07, 6.45) is 0.960. The maximum Gasteiger partial charge on any atom is 0.242 e. The van der Waals surface area contributed by atoms with E-state index in [1.807, 2.05) is 27.7 Å². The van der Waals surface area contributed by atoms with Crippen LogP contribution in [0.4, 0.5) is 5.69 Å². The number of rotatable bonds is 5. The Labute approximate surface area is 104 Å². The number of carbonyl (C=O) groups excluding carboxylic acids is 1. The van der Waals surface area contributed by atoms with E-state index in [-0.39, 0.29) is 11.9 Å². The Morgan fingerprint density at radius 2 is 2.06 bits per heavy atom. The zero-order valence-electron chi connectivity index (χ0n) is 11.1. The molecule has 0 aliphatic heterocycles. The summed E-state index contributed by atoms with van der Waals surface area (Å²) in [6, 6.07) is 6.00. The minimum Gasteiger partial charge on any atom is -0.374 e. The molecule has 1 rings (SSSR count). The van der Waals surface area contributed by atoms with Crippen molar-refractivity contribution < 1.29 is 4.79 Å². The largest absolute Gasteiger partial charge is 0.374 e. The lowest BCUT2D eigenvalue weighted by Gasteiger charge is -2.17. The van der Waals surface area contributed by atoms with Gasteiger partial charge in [0.2, 0.25) is 5.91 Å². The smallest absolute Gasteiger partial charge is 0.242 e. The van der Waals surface area contributed by atoms with Gasteiger partial charge in [0.1, 0.15) is 6.04 Å². The van der Waals surface area contributed by atoms with Gasteiger partial charge in [-0.1, -0.05) is 19.1 Å². The number of carbonyl (C=O) groups is 1. The van der Waals surface area contributed by atoms with Crippen molar-refractivity contribution in [2.24, 2.45) is 0 Å². The van der Waals surface area contributed by atoms with Crippen LogP contribution >= 0.6 is 0 Å². The number of anilines is 1. The van der Waals surface area contributed by atoms with Gasteiger partial charge in [-0.3, -0.25) is 4.79 Å². The van der Waals surface area contributed by atoms with E-state index in [4.69, 9.17) is 0 Å². The van der Waals surface area contributed by atoms with E-state index >= 15 is 0 Å². The van der Waals surface area contributed by atoms with Crippen molar-refractivity contribution in [3.63, 3.8) is 0 Å². The lowest BCUT2D eigenvalue weighted by molar-refractivity contribution is -0.121. The van der Waals surface area contributed by atoms with Gasteiger partial charge >= 0.3 is 0 Å². The van der Waals surface area contributed by atoms with Crippen LogP contribution in [0.3, 0.4) is 0 Å². The monoisotopic (exact) mass is 234 g/mol. The fraction of sp³-hybridized carbons (Fsp3) is 0.500. The number of nitrogens with one attached hydrogen (secondary N) is 2. The topological polar surface area (TPSA) is 41.1 Å². The second-order valence-electron chi connectivity index (χ2n) is 4.48. The van der Waals surface area contributed by atoms with Crippen LogP contribution in [0.2, 0.25) is 0 Å². The van der Waals surface area contributed by atoms with Crippen molar-refractivity contribution in [2.75, 3.05) is 11.9 Å². The van der Waals surface area contributed by atoms with E-state index < -0.39 is 0 Å². The first kappa shape index (κ1) is 13.6. The standard InChI is InChI=1S/C14H22N2O/c1-5-8-15-14(17)12(4)16-13-9-10(2)6-7-11(13)3/h6-7,9,12,16H,5,8H2,1-4H3,(H,15,17)/t12-/m0/s1. The van der Waals surface area contributed by atoms with E-state index in [0.29, 0.717) is 0 Å². The molecule has 0 aromatic heterocycles. The van der Waals surface area contributed by atoms with Crippen LogP contribution in [0.5, 0.6) is 0 Å². The van der Waals surface area contributed by atoms with Gasteiger partial charge in [-0.15, -0.1) is 0 Å². The summed E-state index contributed by atoms with van der Waals surface area (Å²) in [4.78, 5) is 11.7. The maximum absolute atomic E-state index is 11.7. The van der Waals surface area contributed by atoms with Crippen molar-refractivity contribution in [3.8, 4) is 0 Å². The minimum atomic E-state index is -0.206. The Hall–Kier alpha value is -1.51. The molecule has 17 heavy (non-hydrogen) atoms. The van der Waals surface area contributed by atoms with Gasteiger partial charge in [-0.25, -0.2) is 0 Å². The molecule has 1 aromatic rings. The molecule has 3 nitrogen and oxygen atoms in total. The number of benzene rings is 1. The lowest BCUT2D eigenvalue weighted by Crippen LogP contribution is -2.38. The van der Waals surface area contributed by atoms with Gasteiger partial charge in [-0.05, 0) is 44.4 Å². The van der Waals surface area contributed by atoms with Gasteiger partial charge in [-0.2, -0.15) is 0 Å². The summed E-state index contributed by atoms with van der Waals surface area (Å²) in [5.41, 5.74) is 3.38. The molecule has 0 saturated carbocycles. The Balaban J connectivity index is 2.64. The van der Waals surface area contributed by atoms with E-state index in [2.05, 4.69) is 28.8 Å². The number of amides is 1. The highest BCUT2D eigenvalue weighted by Crippen LogP contribution is 2.17. The van der Waals surface area contributed by atoms with E-state index in [1.54, 1.807) is 0 Å². The molecule has 0 aliphatic rings. The summed E-state index contributed by atoms with van der Waals surface area (Å²) in [5.74, 6) is 0.0488. The summed E-state index contributed by atoms with van der Waals surface area (Å²) in [5, 5.41) is 6.13. The van der Waals surface area contributed by atoms with Crippen molar-refractivity contribution in [1.29, 1.82) is 0 Å². The summed E-state index contributed by atoms with van der Waals surface area (Å²) >= 11 is 0. The molecular weight excluding hydrogens is 212 g/mol. The molecule has 2 N–H and O–H groups in total. The molecule has 0 fully saturated rings. The number of hydrogen-bond donors (Lipinski definition) is 2. The van der Waals surface area contributed by atoms with Crippen LogP contribution in [0.15, 0.2) is 18.2 Å². The second kappa shape index (κ2) is 6.28. The summed E-state index contributed by atoms with van der Waals surface area (Å²) in [6.45, 7) is 8.75. The molecule has 0 saturated heterocycles. The van der Waals surface area contributed by atoms with Crippen LogP contribution in [-0.2, 0) is 4.79 Å². The molecule has 0 unspecified atom stereocenters. The van der Waals surface area contributed by atoms with Gasteiger partial charge in [0.25, 0.3) is 0 Å².